The van der Waals surface area contributed by atoms with Crippen molar-refractivity contribution >= 4 is 41.5 Å². The third kappa shape index (κ3) is 5.87. The molecule has 2 N–H and O–H groups in total. The van der Waals surface area contributed by atoms with E-state index in [1.807, 2.05) is 16.7 Å². The molecule has 0 saturated carbocycles. The summed E-state index contributed by atoms with van der Waals surface area (Å²) >= 11 is 6.28. The van der Waals surface area contributed by atoms with Gasteiger partial charge < -0.3 is 24.7 Å². The van der Waals surface area contributed by atoms with E-state index in [0.29, 0.717) is 29.7 Å². The molecule has 8 nitrogen and oxygen atoms in total. The molecule has 0 aliphatic carbocycles. The Labute approximate surface area is 187 Å². The number of aryl methyl sites for hydroxylation is 1. The zero-order valence-corrected chi connectivity index (χ0v) is 19.2. The van der Waals surface area contributed by atoms with Crippen LogP contribution in [0.15, 0.2) is 23.5 Å². The highest BCUT2D eigenvalue weighted by Gasteiger charge is 2.16. The highest BCUT2D eigenvalue weighted by Crippen LogP contribution is 2.38. The molecule has 0 fully saturated rings. The van der Waals surface area contributed by atoms with Crippen molar-refractivity contribution in [3.63, 3.8) is 0 Å². The van der Waals surface area contributed by atoms with Crippen LogP contribution in [0.3, 0.4) is 0 Å². The monoisotopic (exact) mass is 520 g/mol. The van der Waals surface area contributed by atoms with Gasteiger partial charge in [0.1, 0.15) is 25.4 Å². The zero-order chi connectivity index (χ0) is 19.1. The quantitative estimate of drug-likeness (QED) is 0.331. The minimum absolute atomic E-state index is 0. The highest BCUT2D eigenvalue weighted by molar-refractivity contribution is 14.0. The molecule has 2 heterocycles. The molecule has 1 aliphatic rings. The van der Waals surface area contributed by atoms with E-state index in [-0.39, 0.29) is 24.0 Å². The van der Waals surface area contributed by atoms with E-state index in [0.717, 1.165) is 49.8 Å². The topological polar surface area (TPSA) is 85.6 Å². The van der Waals surface area contributed by atoms with E-state index in [4.69, 9.17) is 21.1 Å². The van der Waals surface area contributed by atoms with Gasteiger partial charge in [0.15, 0.2) is 17.5 Å². The summed E-state index contributed by atoms with van der Waals surface area (Å²) in [5.74, 6) is 3.09. The number of hydrogen-bond acceptors (Lipinski definition) is 5. The molecule has 0 atom stereocenters. The highest BCUT2D eigenvalue weighted by atomic mass is 127. The first-order valence-electron chi connectivity index (χ1n) is 9.10. The largest absolute Gasteiger partial charge is 0.486 e. The van der Waals surface area contributed by atoms with Crippen molar-refractivity contribution < 1.29 is 9.47 Å². The molecular formula is C18H26ClIN6O2. The van der Waals surface area contributed by atoms with E-state index in [1.54, 1.807) is 13.4 Å². The third-order valence-corrected chi connectivity index (χ3v) is 4.52. The molecule has 2 aromatic rings. The summed E-state index contributed by atoms with van der Waals surface area (Å²) in [5.41, 5.74) is 1.09. The van der Waals surface area contributed by atoms with Crippen LogP contribution in [0, 0.1) is 0 Å². The van der Waals surface area contributed by atoms with E-state index in [1.165, 1.54) is 0 Å². The van der Waals surface area contributed by atoms with Crippen molar-refractivity contribution in [2.75, 3.05) is 33.4 Å². The molecule has 0 spiro atoms. The van der Waals surface area contributed by atoms with Gasteiger partial charge in [-0.1, -0.05) is 18.5 Å². The van der Waals surface area contributed by atoms with Crippen molar-refractivity contribution in [1.82, 2.24) is 25.4 Å². The van der Waals surface area contributed by atoms with Gasteiger partial charge in [0.2, 0.25) is 0 Å². The summed E-state index contributed by atoms with van der Waals surface area (Å²) < 4.78 is 13.2. The van der Waals surface area contributed by atoms with Crippen LogP contribution in [0.1, 0.15) is 18.3 Å². The summed E-state index contributed by atoms with van der Waals surface area (Å²) in [6.45, 7) is 5.40. The Bertz CT molecular complexity index is 798. The van der Waals surface area contributed by atoms with Gasteiger partial charge in [0.05, 0.1) is 5.02 Å². The average molecular weight is 521 g/mol. The van der Waals surface area contributed by atoms with Crippen molar-refractivity contribution in [1.29, 1.82) is 0 Å². The number of benzene rings is 1. The number of nitrogens with one attached hydrogen (secondary N) is 2. The number of halogens is 2. The Morgan fingerprint density at radius 3 is 2.82 bits per heavy atom. The van der Waals surface area contributed by atoms with Crippen LogP contribution in [0.25, 0.3) is 0 Å². The Balaban J connectivity index is 0.00000280. The second kappa shape index (κ2) is 11.3. The Hall–Kier alpha value is -1.75. The molecule has 154 valence electrons. The first kappa shape index (κ1) is 22.5. The molecule has 0 saturated heterocycles. The summed E-state index contributed by atoms with van der Waals surface area (Å²) in [7, 11) is 1.76. The predicted octanol–water partition coefficient (Wildman–Crippen LogP) is 2.29. The Morgan fingerprint density at radius 1 is 1.25 bits per heavy atom. The minimum Gasteiger partial charge on any atom is -0.486 e. The van der Waals surface area contributed by atoms with Gasteiger partial charge in [0, 0.05) is 33.1 Å². The molecule has 0 unspecified atom stereocenters. The van der Waals surface area contributed by atoms with E-state index in [9.17, 15) is 0 Å². The number of hydrogen-bond donors (Lipinski definition) is 2. The van der Waals surface area contributed by atoms with E-state index < -0.39 is 0 Å². The lowest BCUT2D eigenvalue weighted by molar-refractivity contribution is 0.171. The number of aromatic nitrogens is 3. The normalized spacial score (nSPS) is 13.0. The van der Waals surface area contributed by atoms with Gasteiger partial charge in [-0.3, -0.25) is 4.99 Å². The second-order valence-corrected chi connectivity index (χ2v) is 6.48. The first-order valence-corrected chi connectivity index (χ1v) is 9.48. The van der Waals surface area contributed by atoms with E-state index >= 15 is 0 Å². The van der Waals surface area contributed by atoms with Crippen molar-refractivity contribution in [3.8, 4) is 11.5 Å². The van der Waals surface area contributed by atoms with Crippen LogP contribution in [-0.2, 0) is 19.4 Å². The van der Waals surface area contributed by atoms with Gasteiger partial charge in [-0.25, -0.2) is 0 Å². The molecule has 3 rings (SSSR count). The molecule has 0 amide bonds. The lowest BCUT2D eigenvalue weighted by Crippen LogP contribution is -2.39. The number of rotatable bonds is 7. The molecule has 0 bridgehead atoms. The van der Waals surface area contributed by atoms with Gasteiger partial charge in [0.25, 0.3) is 0 Å². The molecule has 0 radical (unpaired) electrons. The standard InChI is InChI=1S/C18H25ClN6O2.HI/c1-3-16-24-23-12-25(16)7-6-22-18(20-2)21-5-4-13-10-14(19)17-15(11-13)26-8-9-27-17;/h10-12H,3-9H2,1-2H3,(H2,20,21,22);1H. The number of guanidine groups is 1. The number of ether oxygens (including phenoxy) is 2. The smallest absolute Gasteiger partial charge is 0.191 e. The lowest BCUT2D eigenvalue weighted by atomic mass is 10.1. The molecule has 1 aliphatic heterocycles. The van der Waals surface area contributed by atoms with Gasteiger partial charge in [-0.15, -0.1) is 34.2 Å². The Kier molecular flexibility index (Phi) is 9.10. The second-order valence-electron chi connectivity index (χ2n) is 6.07. The van der Waals surface area contributed by atoms with Crippen LogP contribution in [0.2, 0.25) is 5.02 Å². The fourth-order valence-electron chi connectivity index (χ4n) is 2.89. The van der Waals surface area contributed by atoms with E-state index in [2.05, 4.69) is 32.7 Å². The van der Waals surface area contributed by atoms with Gasteiger partial charge in [-0.05, 0) is 24.1 Å². The third-order valence-electron chi connectivity index (χ3n) is 4.24. The molecule has 10 heteroatoms. The maximum absolute atomic E-state index is 6.28. The summed E-state index contributed by atoms with van der Waals surface area (Å²) in [5, 5.41) is 15.2. The van der Waals surface area contributed by atoms with Crippen molar-refractivity contribution in [2.45, 2.75) is 26.3 Å². The number of aliphatic imine (C=N–C) groups is 1. The minimum atomic E-state index is 0. The zero-order valence-electron chi connectivity index (χ0n) is 16.1. The molecule has 1 aromatic heterocycles. The lowest BCUT2D eigenvalue weighted by Gasteiger charge is -2.20. The first-order chi connectivity index (χ1) is 13.2. The molecular weight excluding hydrogens is 495 g/mol. The van der Waals surface area contributed by atoms with Gasteiger partial charge >= 0.3 is 0 Å². The Morgan fingerprint density at radius 2 is 2.04 bits per heavy atom. The number of fused-ring (bicyclic) bond motifs is 1. The van der Waals surface area contributed by atoms with Crippen LogP contribution in [0.5, 0.6) is 11.5 Å². The molecule has 28 heavy (non-hydrogen) atoms. The fraction of sp³-hybridized carbons (Fsp3) is 0.500. The van der Waals surface area contributed by atoms with Crippen molar-refractivity contribution in [3.05, 3.63) is 34.9 Å². The summed E-state index contributed by atoms with van der Waals surface area (Å²) in [4.78, 5) is 4.25. The SMILES string of the molecule is CCc1nncn1CCNC(=NC)NCCc1cc(Cl)c2c(c1)OCCO2.I. The summed E-state index contributed by atoms with van der Waals surface area (Å²) in [6, 6.07) is 3.90. The van der Waals surface area contributed by atoms with Crippen LogP contribution in [-0.4, -0.2) is 54.1 Å². The fourth-order valence-corrected chi connectivity index (χ4v) is 3.18. The maximum atomic E-state index is 6.28. The molecule has 1 aromatic carbocycles. The maximum Gasteiger partial charge on any atom is 0.191 e. The van der Waals surface area contributed by atoms with Crippen LogP contribution in [0.4, 0.5) is 0 Å². The van der Waals surface area contributed by atoms with Crippen LogP contribution < -0.4 is 20.1 Å². The van der Waals surface area contributed by atoms with Crippen molar-refractivity contribution in [2.24, 2.45) is 4.99 Å². The average Bonchev–Trinajstić information content (AvgIpc) is 3.14. The predicted molar refractivity (Wildman–Crippen MR) is 120 cm³/mol. The van der Waals surface area contributed by atoms with Crippen LogP contribution >= 0.6 is 35.6 Å². The van der Waals surface area contributed by atoms with Gasteiger partial charge in [-0.2, -0.15) is 0 Å². The number of nitrogens with zero attached hydrogens (tertiary/aromatic N) is 4. The summed E-state index contributed by atoms with van der Waals surface area (Å²) in [6.07, 6.45) is 3.41.